The first-order valence-corrected chi connectivity index (χ1v) is 6.31. The van der Waals surface area contributed by atoms with E-state index in [1.807, 2.05) is 6.92 Å². The van der Waals surface area contributed by atoms with E-state index in [1.54, 1.807) is 10.7 Å². The van der Waals surface area contributed by atoms with Crippen LogP contribution in [-0.4, -0.2) is 15.6 Å². The maximum atomic E-state index is 12.3. The Bertz CT molecular complexity index is 547. The van der Waals surface area contributed by atoms with Crippen molar-refractivity contribution >= 4 is 33.3 Å². The minimum absolute atomic E-state index is 0.193. The van der Waals surface area contributed by atoms with Gasteiger partial charge in [-0.05, 0) is 28.4 Å². The number of nitrogens with zero attached hydrogens (tertiary/aromatic N) is 2. The first kappa shape index (κ1) is 12.4. The Labute approximate surface area is 112 Å². The van der Waals surface area contributed by atoms with E-state index in [4.69, 9.17) is 16.0 Å². The van der Waals surface area contributed by atoms with Crippen LogP contribution in [0.25, 0.3) is 0 Å². The van der Waals surface area contributed by atoms with Crippen LogP contribution in [0, 0.1) is 0 Å². The number of hydrogen-bond acceptors (Lipinski definition) is 3. The number of furan rings is 1. The number of ketones is 1. The molecule has 17 heavy (non-hydrogen) atoms. The number of carbonyl (C=O) groups excluding carboxylic acids is 1. The third-order valence-electron chi connectivity index (χ3n) is 2.31. The van der Waals surface area contributed by atoms with E-state index in [-0.39, 0.29) is 5.78 Å². The summed E-state index contributed by atoms with van der Waals surface area (Å²) in [5.41, 5.74) is 0.848. The van der Waals surface area contributed by atoms with Crippen molar-refractivity contribution in [1.82, 2.24) is 9.78 Å². The quantitative estimate of drug-likeness (QED) is 0.810. The largest absolute Gasteiger partial charge is 0.457 e. The molecule has 0 aliphatic rings. The summed E-state index contributed by atoms with van der Waals surface area (Å²) in [6.45, 7) is 2.67. The number of aryl methyl sites for hydroxylation is 1. The maximum Gasteiger partial charge on any atom is 0.216 e. The fourth-order valence-corrected chi connectivity index (χ4v) is 2.20. The Morgan fingerprint density at radius 1 is 1.65 bits per heavy atom. The number of carbonyl (C=O) groups is 1. The molecule has 0 radical (unpaired) electrons. The van der Waals surface area contributed by atoms with E-state index in [1.165, 1.54) is 12.5 Å². The van der Waals surface area contributed by atoms with Crippen LogP contribution in [0.3, 0.4) is 0 Å². The number of rotatable bonds is 4. The van der Waals surface area contributed by atoms with Crippen molar-refractivity contribution in [3.8, 4) is 0 Å². The summed E-state index contributed by atoms with van der Waals surface area (Å²) in [4.78, 5) is 12.3. The third kappa shape index (κ3) is 2.30. The standard InChI is InChI=1S/C11H10BrClN2O2/c1-2-4-15-9(8(13)6-14-15)10(16)7-3-5-17-11(7)12/h3,5-6H,2,4H2,1H3. The first-order valence-electron chi connectivity index (χ1n) is 5.14. The molecule has 0 atom stereocenters. The Kier molecular flexibility index (Phi) is 3.69. The highest BCUT2D eigenvalue weighted by molar-refractivity contribution is 9.10. The normalized spacial score (nSPS) is 10.8. The molecule has 0 fully saturated rings. The second-order valence-electron chi connectivity index (χ2n) is 3.50. The molecule has 2 rings (SSSR count). The Balaban J connectivity index is 2.43. The van der Waals surface area contributed by atoms with Crippen LogP contribution in [0.1, 0.15) is 29.4 Å². The minimum atomic E-state index is -0.193. The Hall–Kier alpha value is -1.07. The van der Waals surface area contributed by atoms with Crippen molar-refractivity contribution in [2.45, 2.75) is 19.9 Å². The van der Waals surface area contributed by atoms with Crippen molar-refractivity contribution in [3.63, 3.8) is 0 Å². The summed E-state index contributed by atoms with van der Waals surface area (Å²) in [6.07, 6.45) is 3.81. The lowest BCUT2D eigenvalue weighted by atomic mass is 10.1. The van der Waals surface area contributed by atoms with E-state index < -0.39 is 0 Å². The van der Waals surface area contributed by atoms with Crippen molar-refractivity contribution in [3.05, 3.63) is 39.5 Å². The summed E-state index contributed by atoms with van der Waals surface area (Å²) in [5.74, 6) is -0.193. The van der Waals surface area contributed by atoms with Gasteiger partial charge in [0, 0.05) is 6.54 Å². The molecule has 90 valence electrons. The second-order valence-corrected chi connectivity index (χ2v) is 4.63. The molecule has 0 N–H and O–H groups in total. The van der Waals surface area contributed by atoms with Crippen molar-refractivity contribution in [1.29, 1.82) is 0 Å². The lowest BCUT2D eigenvalue weighted by Gasteiger charge is -2.04. The average Bonchev–Trinajstić information content (AvgIpc) is 2.86. The number of halogens is 2. The smallest absolute Gasteiger partial charge is 0.216 e. The highest BCUT2D eigenvalue weighted by Crippen LogP contribution is 2.24. The maximum absolute atomic E-state index is 12.3. The molecule has 0 amide bonds. The van der Waals surface area contributed by atoms with Gasteiger partial charge in [0.25, 0.3) is 0 Å². The SMILES string of the molecule is CCCn1ncc(Cl)c1C(=O)c1ccoc1Br. The molecule has 0 aliphatic heterocycles. The van der Waals surface area contributed by atoms with E-state index >= 15 is 0 Å². The molecule has 0 spiro atoms. The lowest BCUT2D eigenvalue weighted by molar-refractivity contribution is 0.102. The zero-order valence-electron chi connectivity index (χ0n) is 9.11. The van der Waals surface area contributed by atoms with Gasteiger partial charge < -0.3 is 4.42 Å². The molecule has 6 heteroatoms. The molecule has 2 aromatic heterocycles. The van der Waals surface area contributed by atoms with E-state index in [9.17, 15) is 4.79 Å². The van der Waals surface area contributed by atoms with Crippen molar-refractivity contribution in [2.24, 2.45) is 0 Å². The fourth-order valence-electron chi connectivity index (χ4n) is 1.55. The monoisotopic (exact) mass is 316 g/mol. The van der Waals surface area contributed by atoms with Crippen LogP contribution >= 0.6 is 27.5 Å². The van der Waals surface area contributed by atoms with Crippen LogP contribution in [0.5, 0.6) is 0 Å². The summed E-state index contributed by atoms with van der Waals surface area (Å²) in [5, 5.41) is 4.44. The molecule has 0 saturated heterocycles. The van der Waals surface area contributed by atoms with Crippen molar-refractivity contribution in [2.75, 3.05) is 0 Å². The van der Waals surface area contributed by atoms with Gasteiger partial charge in [-0.15, -0.1) is 0 Å². The topological polar surface area (TPSA) is 48.0 Å². The predicted molar refractivity (Wildman–Crippen MR) is 67.4 cm³/mol. The highest BCUT2D eigenvalue weighted by Gasteiger charge is 2.22. The van der Waals surface area contributed by atoms with E-state index in [0.717, 1.165) is 6.42 Å². The van der Waals surface area contributed by atoms with Gasteiger partial charge in [-0.2, -0.15) is 5.10 Å². The number of hydrogen-bond donors (Lipinski definition) is 0. The van der Waals surface area contributed by atoms with E-state index in [2.05, 4.69) is 21.0 Å². The third-order valence-corrected chi connectivity index (χ3v) is 3.20. The van der Waals surface area contributed by atoms with Crippen LogP contribution in [0.15, 0.2) is 27.6 Å². The van der Waals surface area contributed by atoms with Gasteiger partial charge in [0.15, 0.2) is 4.67 Å². The summed E-state index contributed by atoms with van der Waals surface area (Å²) in [6, 6.07) is 1.60. The second kappa shape index (κ2) is 5.06. The molecular weight excluding hydrogens is 307 g/mol. The molecule has 0 bridgehead atoms. The van der Waals surface area contributed by atoms with Gasteiger partial charge in [-0.1, -0.05) is 18.5 Å². The van der Waals surface area contributed by atoms with Crippen molar-refractivity contribution < 1.29 is 9.21 Å². The first-order chi connectivity index (χ1) is 8.15. The van der Waals surface area contributed by atoms with Gasteiger partial charge in [-0.3, -0.25) is 9.48 Å². The van der Waals surface area contributed by atoms with Crippen LogP contribution in [-0.2, 0) is 6.54 Å². The van der Waals surface area contributed by atoms with E-state index in [0.29, 0.717) is 27.5 Å². The molecule has 0 aromatic carbocycles. The average molecular weight is 318 g/mol. The predicted octanol–water partition coefficient (Wildman–Crippen LogP) is 3.53. The van der Waals surface area contributed by atoms with Crippen LogP contribution in [0.2, 0.25) is 5.02 Å². The van der Waals surface area contributed by atoms with Gasteiger partial charge in [0.2, 0.25) is 5.78 Å². The summed E-state index contributed by atoms with van der Waals surface area (Å²) < 4.78 is 7.07. The molecule has 2 aromatic rings. The van der Waals surface area contributed by atoms with Gasteiger partial charge in [-0.25, -0.2) is 0 Å². The van der Waals surface area contributed by atoms with Gasteiger partial charge >= 0.3 is 0 Å². The lowest BCUT2D eigenvalue weighted by Crippen LogP contribution is -2.11. The molecule has 4 nitrogen and oxygen atoms in total. The molecule has 2 heterocycles. The van der Waals surface area contributed by atoms with Gasteiger partial charge in [0.05, 0.1) is 23.0 Å². The number of aromatic nitrogens is 2. The molecule has 0 aliphatic carbocycles. The zero-order valence-corrected chi connectivity index (χ0v) is 11.5. The zero-order chi connectivity index (χ0) is 12.4. The Morgan fingerprint density at radius 3 is 3.00 bits per heavy atom. The molecule has 0 saturated carbocycles. The summed E-state index contributed by atoms with van der Waals surface area (Å²) >= 11 is 9.18. The Morgan fingerprint density at radius 2 is 2.41 bits per heavy atom. The van der Waals surface area contributed by atoms with Crippen LogP contribution in [0.4, 0.5) is 0 Å². The fraction of sp³-hybridized carbons (Fsp3) is 0.273. The minimum Gasteiger partial charge on any atom is -0.457 e. The molecule has 0 unspecified atom stereocenters. The summed E-state index contributed by atoms with van der Waals surface area (Å²) in [7, 11) is 0. The van der Waals surface area contributed by atoms with Gasteiger partial charge in [0.1, 0.15) is 5.69 Å². The molecular formula is C11H10BrClN2O2. The highest BCUT2D eigenvalue weighted by atomic mass is 79.9. The van der Waals surface area contributed by atoms with Crippen LogP contribution < -0.4 is 0 Å².